The van der Waals surface area contributed by atoms with Crippen LogP contribution in [-0.4, -0.2) is 25.7 Å². The van der Waals surface area contributed by atoms with Crippen LogP contribution < -0.4 is 4.74 Å². The topological polar surface area (TPSA) is 30.8 Å². The summed E-state index contributed by atoms with van der Waals surface area (Å²) in [5, 5.41) is 0. The molecule has 0 unspecified atom stereocenters. The molecule has 0 bridgehead atoms. The first-order chi connectivity index (χ1) is 8.11. The fourth-order valence-corrected chi connectivity index (χ4v) is 2.09. The molecule has 0 saturated carbocycles. The molecule has 1 heterocycles. The van der Waals surface area contributed by atoms with Gasteiger partial charge in [-0.3, -0.25) is 0 Å². The number of benzene rings is 1. The fraction of sp³-hybridized carbons (Fsp3) is 0.462. The molecule has 1 aromatic carbocycles. The van der Waals surface area contributed by atoms with Crippen molar-refractivity contribution in [3.63, 3.8) is 0 Å². The third-order valence-electron chi connectivity index (χ3n) is 2.84. The Morgan fingerprint density at radius 1 is 1.47 bits per heavy atom. The van der Waals surface area contributed by atoms with E-state index in [9.17, 15) is 0 Å². The van der Waals surface area contributed by atoms with Crippen LogP contribution in [0, 0.1) is 5.92 Å². The molecule has 0 spiro atoms. The molecule has 1 aliphatic rings. The molecule has 2 rings (SSSR count). The monoisotopic (exact) mass is 297 g/mol. The molecule has 0 fully saturated rings. The number of hydrogen-bond donors (Lipinski definition) is 0. The summed E-state index contributed by atoms with van der Waals surface area (Å²) >= 11 is 3.43. The molecular formula is C13H16BrNO2. The molecule has 0 aromatic heterocycles. The van der Waals surface area contributed by atoms with Gasteiger partial charge in [0.15, 0.2) is 0 Å². The molecule has 0 amide bonds. The van der Waals surface area contributed by atoms with Crippen LogP contribution in [0.2, 0.25) is 0 Å². The molecule has 0 aliphatic carbocycles. The van der Waals surface area contributed by atoms with Gasteiger partial charge in [0.1, 0.15) is 12.4 Å². The standard InChI is InChI=1S/C13H16BrNO2/c1-8(2)11-7-17-13(15-11)9-4-5-10(14)12(6-9)16-3/h4-6,8,11H,7H2,1-3H3/t11-/m0/s1. The number of methoxy groups -OCH3 is 1. The zero-order chi connectivity index (χ0) is 12.4. The lowest BCUT2D eigenvalue weighted by Crippen LogP contribution is -2.13. The molecule has 1 aliphatic heterocycles. The number of rotatable bonds is 3. The number of hydrogen-bond acceptors (Lipinski definition) is 3. The summed E-state index contributed by atoms with van der Waals surface area (Å²) in [4.78, 5) is 4.59. The van der Waals surface area contributed by atoms with Gasteiger partial charge in [-0.2, -0.15) is 0 Å². The third kappa shape index (κ3) is 2.63. The van der Waals surface area contributed by atoms with Crippen LogP contribution in [0.15, 0.2) is 27.7 Å². The highest BCUT2D eigenvalue weighted by Gasteiger charge is 2.23. The number of aliphatic imine (C=N–C) groups is 1. The lowest BCUT2D eigenvalue weighted by atomic mass is 10.1. The Hall–Kier alpha value is -1.03. The highest BCUT2D eigenvalue weighted by atomic mass is 79.9. The van der Waals surface area contributed by atoms with Crippen LogP contribution in [0.3, 0.4) is 0 Å². The Balaban J connectivity index is 2.27. The van der Waals surface area contributed by atoms with Crippen LogP contribution in [0.25, 0.3) is 0 Å². The summed E-state index contributed by atoms with van der Waals surface area (Å²) in [6.07, 6.45) is 0. The summed E-state index contributed by atoms with van der Waals surface area (Å²) in [7, 11) is 1.65. The average Bonchev–Trinajstić information content (AvgIpc) is 2.79. The quantitative estimate of drug-likeness (QED) is 0.857. The van der Waals surface area contributed by atoms with Gasteiger partial charge in [-0.1, -0.05) is 13.8 Å². The highest BCUT2D eigenvalue weighted by Crippen LogP contribution is 2.27. The Morgan fingerprint density at radius 3 is 2.82 bits per heavy atom. The normalized spacial score (nSPS) is 19.1. The van der Waals surface area contributed by atoms with Crippen LogP contribution in [-0.2, 0) is 4.74 Å². The number of ether oxygens (including phenoxy) is 2. The minimum atomic E-state index is 0.264. The third-order valence-corrected chi connectivity index (χ3v) is 3.50. The van der Waals surface area contributed by atoms with E-state index in [2.05, 4.69) is 34.8 Å². The van der Waals surface area contributed by atoms with E-state index in [1.165, 1.54) is 0 Å². The van der Waals surface area contributed by atoms with Crippen molar-refractivity contribution in [2.75, 3.05) is 13.7 Å². The predicted octanol–water partition coefficient (Wildman–Crippen LogP) is 3.26. The largest absolute Gasteiger partial charge is 0.496 e. The van der Waals surface area contributed by atoms with E-state index in [0.29, 0.717) is 12.5 Å². The maximum absolute atomic E-state index is 5.63. The lowest BCUT2D eigenvalue weighted by molar-refractivity contribution is 0.291. The second kappa shape index (κ2) is 5.08. The van der Waals surface area contributed by atoms with E-state index in [-0.39, 0.29) is 6.04 Å². The van der Waals surface area contributed by atoms with E-state index in [4.69, 9.17) is 9.47 Å². The van der Waals surface area contributed by atoms with Gasteiger partial charge in [-0.25, -0.2) is 4.99 Å². The first-order valence-corrected chi connectivity index (χ1v) is 6.45. The minimum absolute atomic E-state index is 0.264. The van der Waals surface area contributed by atoms with Gasteiger partial charge in [-0.15, -0.1) is 0 Å². The molecule has 0 saturated heterocycles. The van der Waals surface area contributed by atoms with Crippen molar-refractivity contribution in [2.24, 2.45) is 10.9 Å². The van der Waals surface area contributed by atoms with Crippen LogP contribution in [0.4, 0.5) is 0 Å². The number of halogens is 1. The zero-order valence-corrected chi connectivity index (χ0v) is 11.8. The zero-order valence-electron chi connectivity index (χ0n) is 10.2. The van der Waals surface area contributed by atoms with Gasteiger partial charge in [0.2, 0.25) is 5.90 Å². The molecule has 3 nitrogen and oxygen atoms in total. The second-order valence-electron chi connectivity index (χ2n) is 4.41. The van der Waals surface area contributed by atoms with E-state index in [0.717, 1.165) is 21.7 Å². The van der Waals surface area contributed by atoms with Crippen molar-refractivity contribution in [1.82, 2.24) is 0 Å². The molecule has 1 atom stereocenters. The molecular weight excluding hydrogens is 282 g/mol. The maximum atomic E-state index is 5.63. The SMILES string of the molecule is COc1cc(C2=N[C@H](C(C)C)CO2)ccc1Br. The van der Waals surface area contributed by atoms with Gasteiger partial charge in [0.05, 0.1) is 17.6 Å². The predicted molar refractivity (Wildman–Crippen MR) is 71.8 cm³/mol. The van der Waals surface area contributed by atoms with Crippen molar-refractivity contribution >= 4 is 21.8 Å². The van der Waals surface area contributed by atoms with Gasteiger partial charge < -0.3 is 9.47 Å². The van der Waals surface area contributed by atoms with Crippen LogP contribution >= 0.6 is 15.9 Å². The molecule has 92 valence electrons. The van der Waals surface area contributed by atoms with Crippen LogP contribution in [0.1, 0.15) is 19.4 Å². The van der Waals surface area contributed by atoms with Crippen molar-refractivity contribution in [3.8, 4) is 5.75 Å². The van der Waals surface area contributed by atoms with Crippen molar-refractivity contribution in [3.05, 3.63) is 28.2 Å². The lowest BCUT2D eigenvalue weighted by Gasteiger charge is -2.06. The molecule has 4 heteroatoms. The van der Waals surface area contributed by atoms with Gasteiger partial charge in [0, 0.05) is 5.56 Å². The highest BCUT2D eigenvalue weighted by molar-refractivity contribution is 9.10. The summed E-state index contributed by atoms with van der Waals surface area (Å²) < 4.78 is 11.8. The molecule has 0 N–H and O–H groups in total. The van der Waals surface area contributed by atoms with Crippen molar-refractivity contribution in [1.29, 1.82) is 0 Å². The average molecular weight is 298 g/mol. The van der Waals surface area contributed by atoms with E-state index >= 15 is 0 Å². The van der Waals surface area contributed by atoms with Crippen LogP contribution in [0.5, 0.6) is 5.75 Å². The molecule has 1 aromatic rings. The Morgan fingerprint density at radius 2 is 2.24 bits per heavy atom. The smallest absolute Gasteiger partial charge is 0.216 e. The Kier molecular flexibility index (Phi) is 3.72. The summed E-state index contributed by atoms with van der Waals surface area (Å²) in [6.45, 7) is 4.98. The fourth-order valence-electron chi connectivity index (χ4n) is 1.68. The first kappa shape index (κ1) is 12.4. The minimum Gasteiger partial charge on any atom is -0.496 e. The second-order valence-corrected chi connectivity index (χ2v) is 5.26. The van der Waals surface area contributed by atoms with Gasteiger partial charge in [-0.05, 0) is 40.0 Å². The Labute approximate surface area is 110 Å². The molecule has 17 heavy (non-hydrogen) atoms. The number of nitrogens with zero attached hydrogens (tertiary/aromatic N) is 1. The van der Waals surface area contributed by atoms with E-state index < -0.39 is 0 Å². The molecule has 0 radical (unpaired) electrons. The summed E-state index contributed by atoms with van der Waals surface area (Å²) in [5.74, 6) is 2.01. The summed E-state index contributed by atoms with van der Waals surface area (Å²) in [5.41, 5.74) is 0.966. The Bertz CT molecular complexity index is 443. The summed E-state index contributed by atoms with van der Waals surface area (Å²) in [6, 6.07) is 6.13. The maximum Gasteiger partial charge on any atom is 0.216 e. The van der Waals surface area contributed by atoms with E-state index in [1.54, 1.807) is 7.11 Å². The van der Waals surface area contributed by atoms with Crippen molar-refractivity contribution < 1.29 is 9.47 Å². The van der Waals surface area contributed by atoms with E-state index in [1.807, 2.05) is 18.2 Å². The van der Waals surface area contributed by atoms with Gasteiger partial charge >= 0.3 is 0 Å². The van der Waals surface area contributed by atoms with Gasteiger partial charge in [0.25, 0.3) is 0 Å². The van der Waals surface area contributed by atoms with Crippen molar-refractivity contribution in [2.45, 2.75) is 19.9 Å². The first-order valence-electron chi connectivity index (χ1n) is 5.66.